The first-order chi connectivity index (χ1) is 15.5. The highest BCUT2D eigenvalue weighted by Crippen LogP contribution is 2.25. The third kappa shape index (κ3) is 6.75. The number of Topliss-reactive ketones (excluding diaryl/α,β-unsaturated/α-hetero) is 1. The number of nitrogens with one attached hydrogen (secondary N) is 2. The van der Waals surface area contributed by atoms with Crippen LogP contribution >= 0.6 is 0 Å². The lowest BCUT2D eigenvalue weighted by atomic mass is 10.0. The molecule has 0 saturated heterocycles. The minimum absolute atomic E-state index is 0.0513. The SMILES string of the molecule is CC(C(=O)C(F)(F)F)n1c(=O)cc(N[C@H](CC(=O)OC(C)(C)C)c2ccc(F)c(F)c2)[nH]c1=O. The molecule has 0 amide bonds. The van der Waals surface area contributed by atoms with Gasteiger partial charge < -0.3 is 10.1 Å². The molecule has 0 radical (unpaired) electrons. The quantitative estimate of drug-likeness (QED) is 0.454. The number of aromatic amines is 1. The van der Waals surface area contributed by atoms with E-state index in [4.69, 9.17) is 4.74 Å². The van der Waals surface area contributed by atoms with Crippen LogP contribution in [0.15, 0.2) is 33.9 Å². The Morgan fingerprint density at radius 1 is 1.09 bits per heavy atom. The van der Waals surface area contributed by atoms with Crippen molar-refractivity contribution in [2.45, 2.75) is 58.0 Å². The second kappa shape index (κ2) is 9.77. The number of hydrogen-bond acceptors (Lipinski definition) is 6. The molecule has 8 nitrogen and oxygen atoms in total. The molecule has 2 aromatic rings. The monoisotopic (exact) mass is 491 g/mol. The summed E-state index contributed by atoms with van der Waals surface area (Å²) in [5, 5.41) is 2.60. The van der Waals surface area contributed by atoms with Gasteiger partial charge in [0.15, 0.2) is 11.6 Å². The molecule has 2 atom stereocenters. The molecule has 1 aromatic carbocycles. The van der Waals surface area contributed by atoms with Crippen molar-refractivity contribution in [1.29, 1.82) is 0 Å². The molecule has 0 bridgehead atoms. The molecule has 1 aromatic heterocycles. The first-order valence-electron chi connectivity index (χ1n) is 9.90. The molecule has 34 heavy (non-hydrogen) atoms. The standard InChI is InChI=1S/C21H22F5N3O5/c1-10(18(32)21(24,25)26)29-16(30)9-15(28-19(29)33)27-14(8-17(31)34-20(2,3)4)11-5-6-12(22)13(23)7-11/h5-7,9-10,14,27H,8H2,1-4H3,(H,28,33)/t10?,14-/m1/s1. The largest absolute Gasteiger partial charge is 0.460 e. The van der Waals surface area contributed by atoms with Gasteiger partial charge in [-0.05, 0) is 45.4 Å². The molecular weight excluding hydrogens is 469 g/mol. The maximum absolute atomic E-state index is 13.8. The van der Waals surface area contributed by atoms with E-state index in [1.54, 1.807) is 20.8 Å². The number of carbonyl (C=O) groups is 2. The summed E-state index contributed by atoms with van der Waals surface area (Å²) in [6.45, 7) is 5.55. The summed E-state index contributed by atoms with van der Waals surface area (Å²) in [4.78, 5) is 50.5. The van der Waals surface area contributed by atoms with Crippen molar-refractivity contribution in [1.82, 2.24) is 9.55 Å². The Bertz CT molecular complexity index is 1170. The Morgan fingerprint density at radius 3 is 2.21 bits per heavy atom. The zero-order valence-electron chi connectivity index (χ0n) is 18.5. The number of aromatic nitrogens is 2. The lowest BCUT2D eigenvalue weighted by Gasteiger charge is -2.24. The first-order valence-corrected chi connectivity index (χ1v) is 9.90. The Hall–Kier alpha value is -3.51. The maximum Gasteiger partial charge on any atom is 0.452 e. The number of esters is 1. The van der Waals surface area contributed by atoms with Gasteiger partial charge in [-0.2, -0.15) is 13.2 Å². The highest BCUT2D eigenvalue weighted by molar-refractivity contribution is 5.87. The molecule has 0 aliphatic carbocycles. The van der Waals surface area contributed by atoms with Crippen LogP contribution in [-0.4, -0.2) is 33.1 Å². The number of ether oxygens (including phenoxy) is 1. The van der Waals surface area contributed by atoms with Crippen molar-refractivity contribution < 1.29 is 36.3 Å². The molecule has 0 spiro atoms. The second-order valence-electron chi connectivity index (χ2n) is 8.40. The predicted octanol–water partition coefficient (Wildman–Crippen LogP) is 3.39. The Morgan fingerprint density at radius 2 is 1.71 bits per heavy atom. The summed E-state index contributed by atoms with van der Waals surface area (Å²) >= 11 is 0. The minimum Gasteiger partial charge on any atom is -0.460 e. The van der Waals surface area contributed by atoms with E-state index in [9.17, 15) is 41.1 Å². The highest BCUT2D eigenvalue weighted by atomic mass is 19.4. The number of H-pyrrole nitrogens is 1. The maximum atomic E-state index is 13.8. The summed E-state index contributed by atoms with van der Waals surface area (Å²) in [7, 11) is 0. The molecule has 0 fully saturated rings. The van der Waals surface area contributed by atoms with Crippen LogP contribution < -0.4 is 16.6 Å². The third-order valence-corrected chi connectivity index (χ3v) is 4.48. The van der Waals surface area contributed by atoms with E-state index in [0.717, 1.165) is 25.1 Å². The number of alkyl halides is 3. The number of nitrogens with zero attached hydrogens (tertiary/aromatic N) is 1. The van der Waals surface area contributed by atoms with Crippen molar-refractivity contribution in [2.75, 3.05) is 5.32 Å². The average Bonchev–Trinajstić information content (AvgIpc) is 2.66. The van der Waals surface area contributed by atoms with Crippen LogP contribution in [0.5, 0.6) is 0 Å². The average molecular weight is 491 g/mol. The zero-order valence-corrected chi connectivity index (χ0v) is 18.5. The van der Waals surface area contributed by atoms with Crippen molar-refractivity contribution in [2.24, 2.45) is 0 Å². The number of benzene rings is 1. The summed E-state index contributed by atoms with van der Waals surface area (Å²) in [5.74, 6) is -5.77. The highest BCUT2D eigenvalue weighted by Gasteiger charge is 2.43. The molecule has 1 unspecified atom stereocenters. The van der Waals surface area contributed by atoms with Crippen LogP contribution in [0.25, 0.3) is 0 Å². The lowest BCUT2D eigenvalue weighted by Crippen LogP contribution is -2.43. The van der Waals surface area contributed by atoms with E-state index in [2.05, 4.69) is 10.3 Å². The number of halogens is 5. The second-order valence-corrected chi connectivity index (χ2v) is 8.40. The molecule has 0 aliphatic rings. The van der Waals surface area contributed by atoms with Gasteiger partial charge in [-0.3, -0.25) is 19.4 Å². The van der Waals surface area contributed by atoms with Gasteiger partial charge in [0.05, 0.1) is 12.5 Å². The summed E-state index contributed by atoms with van der Waals surface area (Å²) in [6, 6.07) is 0.187. The van der Waals surface area contributed by atoms with E-state index in [0.29, 0.717) is 6.07 Å². The normalized spacial score (nSPS) is 13.8. The van der Waals surface area contributed by atoms with Gasteiger partial charge in [-0.25, -0.2) is 18.1 Å². The van der Waals surface area contributed by atoms with Crippen molar-refractivity contribution >= 4 is 17.6 Å². The Balaban J connectivity index is 2.43. The molecule has 186 valence electrons. The van der Waals surface area contributed by atoms with Gasteiger partial charge in [0.2, 0.25) is 0 Å². The first kappa shape index (κ1) is 26.7. The summed E-state index contributed by atoms with van der Waals surface area (Å²) in [6.07, 6.45) is -5.72. The molecule has 13 heteroatoms. The van der Waals surface area contributed by atoms with Gasteiger partial charge in [0.25, 0.3) is 11.3 Å². The zero-order chi connectivity index (χ0) is 26.0. The Labute approximate surface area is 189 Å². The van der Waals surface area contributed by atoms with Crippen LogP contribution in [0.1, 0.15) is 51.8 Å². The molecular formula is C21H22F5N3O5. The number of hydrogen-bond donors (Lipinski definition) is 2. The molecule has 0 aliphatic heterocycles. The van der Waals surface area contributed by atoms with E-state index in [1.807, 2.05) is 0 Å². The fraction of sp³-hybridized carbons (Fsp3) is 0.429. The molecule has 0 saturated carbocycles. The molecule has 2 rings (SSSR count). The van der Waals surface area contributed by atoms with Gasteiger partial charge in [0.1, 0.15) is 17.5 Å². The number of anilines is 1. The number of carbonyl (C=O) groups excluding carboxylic acids is 2. The van der Waals surface area contributed by atoms with Crippen LogP contribution in [0.4, 0.5) is 27.8 Å². The predicted molar refractivity (Wildman–Crippen MR) is 110 cm³/mol. The third-order valence-electron chi connectivity index (χ3n) is 4.48. The smallest absolute Gasteiger partial charge is 0.452 e. The van der Waals surface area contributed by atoms with E-state index < -0.39 is 64.9 Å². The van der Waals surface area contributed by atoms with Crippen LogP contribution in [0.3, 0.4) is 0 Å². The van der Waals surface area contributed by atoms with Gasteiger partial charge in [-0.1, -0.05) is 6.07 Å². The van der Waals surface area contributed by atoms with E-state index >= 15 is 0 Å². The van der Waals surface area contributed by atoms with Gasteiger partial charge >= 0.3 is 17.8 Å². The van der Waals surface area contributed by atoms with Gasteiger partial charge in [-0.15, -0.1) is 0 Å². The topological polar surface area (TPSA) is 110 Å². The lowest BCUT2D eigenvalue weighted by molar-refractivity contribution is -0.174. The van der Waals surface area contributed by atoms with Gasteiger partial charge in [0, 0.05) is 6.07 Å². The fourth-order valence-corrected chi connectivity index (χ4v) is 3.02. The fourth-order valence-electron chi connectivity index (χ4n) is 3.02. The van der Waals surface area contributed by atoms with E-state index in [1.165, 1.54) is 0 Å². The van der Waals surface area contributed by atoms with Crippen molar-refractivity contribution in [3.8, 4) is 0 Å². The van der Waals surface area contributed by atoms with E-state index in [-0.39, 0.29) is 15.9 Å². The molecule has 2 N–H and O–H groups in total. The molecule has 1 heterocycles. The summed E-state index contributed by atoms with van der Waals surface area (Å²) in [5.41, 5.74) is -3.39. The summed E-state index contributed by atoms with van der Waals surface area (Å²) < 4.78 is 70.5. The number of ketones is 1. The number of rotatable bonds is 7. The van der Waals surface area contributed by atoms with Crippen LogP contribution in [-0.2, 0) is 14.3 Å². The van der Waals surface area contributed by atoms with Crippen molar-refractivity contribution in [3.05, 3.63) is 62.3 Å². The van der Waals surface area contributed by atoms with Crippen molar-refractivity contribution in [3.63, 3.8) is 0 Å². The van der Waals surface area contributed by atoms with Crippen LogP contribution in [0, 0.1) is 11.6 Å². The minimum atomic E-state index is -5.27. The van der Waals surface area contributed by atoms with Crippen LogP contribution in [0.2, 0.25) is 0 Å². The Kier molecular flexibility index (Phi) is 7.69.